The molecule has 1 unspecified atom stereocenters. The molecule has 0 aromatic heterocycles. The van der Waals surface area contributed by atoms with Gasteiger partial charge in [-0.05, 0) is 88.2 Å². The molecule has 0 bridgehead atoms. The monoisotopic (exact) mass is 388 g/mol. The number of benzene rings is 1. The van der Waals surface area contributed by atoms with Crippen molar-refractivity contribution < 1.29 is 14.3 Å². The molecule has 1 amide bonds. The fourth-order valence-corrected chi connectivity index (χ4v) is 4.46. The van der Waals surface area contributed by atoms with Gasteiger partial charge in [-0.15, -0.1) is 0 Å². The Morgan fingerprint density at radius 1 is 1.21 bits per heavy atom. The molecule has 5 nitrogen and oxygen atoms in total. The second-order valence-electron chi connectivity index (χ2n) is 7.96. The second-order valence-corrected chi connectivity index (χ2v) is 7.96. The van der Waals surface area contributed by atoms with Crippen molar-refractivity contribution in [1.29, 1.82) is 0 Å². The normalized spacial score (nSPS) is 19.5. The Kier molecular flexibility index (Phi) is 8.01. The van der Waals surface area contributed by atoms with E-state index in [2.05, 4.69) is 30.0 Å². The summed E-state index contributed by atoms with van der Waals surface area (Å²) in [6.45, 7) is 9.53. The summed E-state index contributed by atoms with van der Waals surface area (Å²) in [6, 6.07) is 7.22. The Morgan fingerprint density at radius 3 is 2.89 bits per heavy atom. The number of carbonyl (C=O) groups is 1. The number of hydrogen-bond donors (Lipinski definition) is 0. The van der Waals surface area contributed by atoms with E-state index >= 15 is 0 Å². The third-order valence-electron chi connectivity index (χ3n) is 5.90. The predicted molar refractivity (Wildman–Crippen MR) is 112 cm³/mol. The van der Waals surface area contributed by atoms with Crippen LogP contribution in [0, 0.1) is 0 Å². The fourth-order valence-electron chi connectivity index (χ4n) is 4.46. The first-order valence-electron chi connectivity index (χ1n) is 11.1. The van der Waals surface area contributed by atoms with Gasteiger partial charge in [0.1, 0.15) is 5.75 Å². The number of cyclic esters (lactones) is 1. The highest BCUT2D eigenvalue weighted by molar-refractivity contribution is 5.68. The molecule has 5 heteroatoms. The van der Waals surface area contributed by atoms with Crippen molar-refractivity contribution in [2.45, 2.75) is 64.8 Å². The molecule has 0 radical (unpaired) electrons. The van der Waals surface area contributed by atoms with E-state index in [1.807, 2.05) is 11.8 Å². The van der Waals surface area contributed by atoms with Crippen LogP contribution in [-0.2, 0) is 17.6 Å². The Labute approximate surface area is 170 Å². The van der Waals surface area contributed by atoms with E-state index in [-0.39, 0.29) is 6.09 Å². The highest BCUT2D eigenvalue weighted by Crippen LogP contribution is 2.28. The predicted octanol–water partition coefficient (Wildman–Crippen LogP) is 4.28. The van der Waals surface area contributed by atoms with E-state index in [0.717, 1.165) is 64.0 Å². The molecule has 1 aromatic carbocycles. The van der Waals surface area contributed by atoms with E-state index < -0.39 is 0 Å². The topological polar surface area (TPSA) is 42.0 Å². The minimum Gasteiger partial charge on any atom is -0.494 e. The number of amides is 1. The number of carbonyl (C=O) groups excluding carboxylic acids is 1. The van der Waals surface area contributed by atoms with Crippen molar-refractivity contribution in [3.8, 4) is 5.75 Å². The smallest absolute Gasteiger partial charge is 0.409 e. The van der Waals surface area contributed by atoms with Crippen molar-refractivity contribution in [2.75, 3.05) is 39.4 Å². The summed E-state index contributed by atoms with van der Waals surface area (Å²) in [6.07, 6.45) is 7.70. The van der Waals surface area contributed by atoms with Crippen molar-refractivity contribution >= 4 is 6.09 Å². The molecule has 28 heavy (non-hydrogen) atoms. The van der Waals surface area contributed by atoms with Crippen LogP contribution >= 0.6 is 0 Å². The van der Waals surface area contributed by atoms with Crippen LogP contribution in [0.15, 0.2) is 18.2 Å². The Morgan fingerprint density at radius 2 is 2.11 bits per heavy atom. The van der Waals surface area contributed by atoms with Gasteiger partial charge in [0.05, 0.1) is 13.2 Å². The van der Waals surface area contributed by atoms with Crippen LogP contribution < -0.4 is 4.74 Å². The highest BCUT2D eigenvalue weighted by Gasteiger charge is 2.24. The van der Waals surface area contributed by atoms with E-state index in [4.69, 9.17) is 9.47 Å². The largest absolute Gasteiger partial charge is 0.494 e. The van der Waals surface area contributed by atoms with E-state index in [1.54, 1.807) is 0 Å². The lowest BCUT2D eigenvalue weighted by Crippen LogP contribution is -2.41. The summed E-state index contributed by atoms with van der Waals surface area (Å²) < 4.78 is 10.8. The van der Waals surface area contributed by atoms with E-state index in [9.17, 15) is 4.79 Å². The fraction of sp³-hybridized carbons (Fsp3) is 0.696. The van der Waals surface area contributed by atoms with Gasteiger partial charge < -0.3 is 19.3 Å². The van der Waals surface area contributed by atoms with Gasteiger partial charge in [-0.1, -0.05) is 13.0 Å². The van der Waals surface area contributed by atoms with Crippen LogP contribution in [-0.4, -0.2) is 61.3 Å². The first kappa shape index (κ1) is 21.0. The van der Waals surface area contributed by atoms with Crippen LogP contribution in [0.25, 0.3) is 0 Å². The molecular formula is C23H36N2O3. The zero-order chi connectivity index (χ0) is 19.8. The molecule has 1 heterocycles. The average molecular weight is 389 g/mol. The lowest BCUT2D eigenvalue weighted by molar-refractivity contribution is 0.0715. The minimum atomic E-state index is -0.134. The molecule has 1 fully saturated rings. The molecule has 0 N–H and O–H groups in total. The molecular weight excluding hydrogens is 352 g/mol. The summed E-state index contributed by atoms with van der Waals surface area (Å²) >= 11 is 0. The van der Waals surface area contributed by atoms with Gasteiger partial charge in [-0.25, -0.2) is 4.79 Å². The standard InChI is InChI=1S/C23H36N2O3/c1-3-12-24(13-5-6-14-25-15-7-16-28-23(25)26)21-10-8-19-9-11-22(27-4-2)18-20(19)17-21/h9,11,18,21H,3-8,10,12-17H2,1-2H3. The van der Waals surface area contributed by atoms with Gasteiger partial charge in [0.2, 0.25) is 0 Å². The number of rotatable bonds is 10. The van der Waals surface area contributed by atoms with Gasteiger partial charge in [0, 0.05) is 19.1 Å². The highest BCUT2D eigenvalue weighted by atomic mass is 16.6. The Hall–Kier alpha value is -1.75. The number of ether oxygens (including phenoxy) is 2. The van der Waals surface area contributed by atoms with E-state index in [0.29, 0.717) is 19.3 Å². The third kappa shape index (κ3) is 5.63. The average Bonchev–Trinajstić information content (AvgIpc) is 2.71. The third-order valence-corrected chi connectivity index (χ3v) is 5.90. The lowest BCUT2D eigenvalue weighted by atomic mass is 9.87. The van der Waals surface area contributed by atoms with Crippen molar-refractivity contribution in [2.24, 2.45) is 0 Å². The van der Waals surface area contributed by atoms with Crippen LogP contribution in [0.1, 0.15) is 57.1 Å². The number of nitrogens with zero attached hydrogens (tertiary/aromatic N) is 2. The molecule has 1 aliphatic carbocycles. The first-order valence-corrected chi connectivity index (χ1v) is 11.1. The zero-order valence-corrected chi connectivity index (χ0v) is 17.6. The van der Waals surface area contributed by atoms with Gasteiger partial charge >= 0.3 is 6.09 Å². The van der Waals surface area contributed by atoms with Crippen LogP contribution in [0.3, 0.4) is 0 Å². The molecule has 0 saturated carbocycles. The van der Waals surface area contributed by atoms with Gasteiger partial charge in [-0.2, -0.15) is 0 Å². The van der Waals surface area contributed by atoms with Crippen molar-refractivity contribution in [3.63, 3.8) is 0 Å². The van der Waals surface area contributed by atoms with Gasteiger partial charge in [0.25, 0.3) is 0 Å². The van der Waals surface area contributed by atoms with Gasteiger partial charge in [-0.3, -0.25) is 0 Å². The lowest BCUT2D eigenvalue weighted by Gasteiger charge is -2.35. The molecule has 1 saturated heterocycles. The van der Waals surface area contributed by atoms with Crippen LogP contribution in [0.2, 0.25) is 0 Å². The molecule has 156 valence electrons. The molecule has 1 atom stereocenters. The summed E-state index contributed by atoms with van der Waals surface area (Å²) in [5.41, 5.74) is 2.94. The van der Waals surface area contributed by atoms with Crippen LogP contribution in [0.4, 0.5) is 4.79 Å². The van der Waals surface area contributed by atoms with Crippen molar-refractivity contribution in [1.82, 2.24) is 9.80 Å². The second kappa shape index (κ2) is 10.7. The molecule has 1 aliphatic heterocycles. The maximum absolute atomic E-state index is 11.7. The number of aryl methyl sites for hydroxylation is 1. The van der Waals surface area contributed by atoms with Gasteiger partial charge in [0.15, 0.2) is 0 Å². The number of hydrogen-bond acceptors (Lipinski definition) is 4. The van der Waals surface area contributed by atoms with Crippen LogP contribution in [0.5, 0.6) is 5.75 Å². The number of unbranched alkanes of at least 4 members (excludes halogenated alkanes) is 1. The first-order chi connectivity index (χ1) is 13.7. The van der Waals surface area contributed by atoms with Crippen molar-refractivity contribution in [3.05, 3.63) is 29.3 Å². The Bertz CT molecular complexity index is 634. The van der Waals surface area contributed by atoms with E-state index in [1.165, 1.54) is 24.0 Å². The summed E-state index contributed by atoms with van der Waals surface area (Å²) in [5, 5.41) is 0. The summed E-state index contributed by atoms with van der Waals surface area (Å²) in [4.78, 5) is 16.3. The molecule has 2 aliphatic rings. The molecule has 3 rings (SSSR count). The summed E-state index contributed by atoms with van der Waals surface area (Å²) in [5.74, 6) is 0.998. The SMILES string of the molecule is CCCN(CCCCN1CCCOC1=O)C1CCc2ccc(OCC)cc2C1. The maximum Gasteiger partial charge on any atom is 0.409 e. The molecule has 0 spiro atoms. The number of fused-ring (bicyclic) bond motifs is 1. The molecule has 1 aromatic rings. The quantitative estimate of drug-likeness (QED) is 0.561. The maximum atomic E-state index is 11.7. The summed E-state index contributed by atoms with van der Waals surface area (Å²) in [7, 11) is 0. The Balaban J connectivity index is 1.50. The minimum absolute atomic E-state index is 0.134. The zero-order valence-electron chi connectivity index (χ0n) is 17.6.